The van der Waals surface area contributed by atoms with E-state index in [1.165, 1.54) is 0 Å². The molecule has 1 saturated heterocycles. The summed E-state index contributed by atoms with van der Waals surface area (Å²) in [5.74, 6) is 0.382. The van der Waals surface area contributed by atoms with Gasteiger partial charge in [0, 0.05) is 35.8 Å². The number of carbonyl (C=O) groups is 1. The number of benzene rings is 1. The maximum absolute atomic E-state index is 12.6. The first kappa shape index (κ1) is 20.4. The summed E-state index contributed by atoms with van der Waals surface area (Å²) in [5, 5.41) is 11.8. The summed E-state index contributed by atoms with van der Waals surface area (Å²) >= 11 is 0. The number of rotatable bonds is 4. The summed E-state index contributed by atoms with van der Waals surface area (Å²) in [6.07, 6.45) is 4.12. The molecular formula is C24H25N5O3. The minimum atomic E-state index is -0.186. The summed E-state index contributed by atoms with van der Waals surface area (Å²) in [5.41, 5.74) is 4.89. The molecule has 0 radical (unpaired) electrons. The van der Waals surface area contributed by atoms with Crippen molar-refractivity contribution in [1.82, 2.24) is 15.2 Å². The van der Waals surface area contributed by atoms with E-state index in [0.717, 1.165) is 35.5 Å². The number of ether oxygens (including phenoxy) is 2. The number of carbonyl (C=O) groups excluding carboxylic acids is 1. The zero-order chi connectivity index (χ0) is 22.1. The highest BCUT2D eigenvalue weighted by atomic mass is 16.5. The van der Waals surface area contributed by atoms with Gasteiger partial charge in [0.25, 0.3) is 11.8 Å². The molecule has 4 heterocycles. The van der Waals surface area contributed by atoms with E-state index >= 15 is 0 Å². The number of fused-ring (bicyclic) bond motifs is 3. The molecular weight excluding hydrogens is 406 g/mol. The smallest absolute Gasteiger partial charge is 0.257 e. The quantitative estimate of drug-likeness (QED) is 0.676. The molecule has 2 aliphatic heterocycles. The maximum Gasteiger partial charge on any atom is 0.257 e. The van der Waals surface area contributed by atoms with Gasteiger partial charge >= 0.3 is 0 Å². The molecule has 0 bridgehead atoms. The third-order valence-corrected chi connectivity index (χ3v) is 6.02. The molecule has 1 aromatic carbocycles. The van der Waals surface area contributed by atoms with Gasteiger partial charge in [0.2, 0.25) is 0 Å². The molecule has 0 aliphatic carbocycles. The van der Waals surface area contributed by atoms with Crippen LogP contribution < -0.4 is 15.0 Å². The molecule has 2 aromatic heterocycles. The van der Waals surface area contributed by atoms with Crippen LogP contribution in [0.1, 0.15) is 29.3 Å². The first-order valence-corrected chi connectivity index (χ1v) is 10.8. The number of nitrogens with zero attached hydrogens (tertiary/aromatic N) is 4. The largest absolute Gasteiger partial charge is 0.470 e. The van der Waals surface area contributed by atoms with Crippen molar-refractivity contribution in [1.29, 1.82) is 0 Å². The van der Waals surface area contributed by atoms with Crippen LogP contribution in [0.15, 0.2) is 48.8 Å². The molecule has 2 atom stereocenters. The molecule has 32 heavy (non-hydrogen) atoms. The van der Waals surface area contributed by atoms with E-state index in [1.807, 2.05) is 31.2 Å². The van der Waals surface area contributed by atoms with Crippen LogP contribution in [0.2, 0.25) is 0 Å². The molecule has 1 amide bonds. The number of anilines is 2. The van der Waals surface area contributed by atoms with Crippen LogP contribution in [0.5, 0.6) is 5.88 Å². The Labute approximate surface area is 186 Å². The van der Waals surface area contributed by atoms with Gasteiger partial charge < -0.3 is 19.7 Å². The predicted octanol–water partition coefficient (Wildman–Crippen LogP) is 3.48. The van der Waals surface area contributed by atoms with Crippen LogP contribution in [0.25, 0.3) is 11.3 Å². The first-order valence-electron chi connectivity index (χ1n) is 10.8. The molecule has 0 saturated carbocycles. The first-order chi connectivity index (χ1) is 15.6. The Morgan fingerprint density at radius 3 is 2.84 bits per heavy atom. The van der Waals surface area contributed by atoms with Crippen molar-refractivity contribution in [2.45, 2.75) is 32.4 Å². The number of morpholine rings is 1. The van der Waals surface area contributed by atoms with Gasteiger partial charge in [-0.2, -0.15) is 0 Å². The van der Waals surface area contributed by atoms with Crippen molar-refractivity contribution < 1.29 is 14.3 Å². The van der Waals surface area contributed by atoms with Crippen LogP contribution in [0.4, 0.5) is 11.4 Å². The van der Waals surface area contributed by atoms with E-state index in [4.69, 9.17) is 9.47 Å². The van der Waals surface area contributed by atoms with Gasteiger partial charge in [-0.1, -0.05) is 13.0 Å². The maximum atomic E-state index is 12.6. The molecule has 8 heteroatoms. The second kappa shape index (κ2) is 8.55. The monoisotopic (exact) mass is 431 g/mol. The number of aromatic nitrogens is 3. The third-order valence-electron chi connectivity index (χ3n) is 6.02. The van der Waals surface area contributed by atoms with Gasteiger partial charge in [0.15, 0.2) is 0 Å². The molecule has 3 aromatic rings. The Balaban J connectivity index is 1.47. The van der Waals surface area contributed by atoms with Gasteiger partial charge in [0.1, 0.15) is 11.8 Å². The fourth-order valence-electron chi connectivity index (χ4n) is 4.28. The number of amides is 1. The predicted molar refractivity (Wildman–Crippen MR) is 121 cm³/mol. The highest BCUT2D eigenvalue weighted by Crippen LogP contribution is 2.39. The highest BCUT2D eigenvalue weighted by Gasteiger charge is 2.38. The average Bonchev–Trinajstić information content (AvgIpc) is 2.85. The zero-order valence-electron chi connectivity index (χ0n) is 18.1. The summed E-state index contributed by atoms with van der Waals surface area (Å²) in [6.45, 7) is 6.25. The lowest BCUT2D eigenvalue weighted by Crippen LogP contribution is -2.56. The van der Waals surface area contributed by atoms with Crippen molar-refractivity contribution in [3.05, 3.63) is 59.9 Å². The van der Waals surface area contributed by atoms with E-state index < -0.39 is 0 Å². The second-order valence-corrected chi connectivity index (χ2v) is 8.04. The van der Waals surface area contributed by atoms with Crippen LogP contribution in [-0.2, 0) is 4.74 Å². The van der Waals surface area contributed by atoms with Gasteiger partial charge in [-0.15, -0.1) is 10.2 Å². The Morgan fingerprint density at radius 2 is 2.03 bits per heavy atom. The topological polar surface area (TPSA) is 89.5 Å². The Bertz CT molecular complexity index is 1140. The lowest BCUT2D eigenvalue weighted by Gasteiger charge is -2.44. The van der Waals surface area contributed by atoms with Crippen molar-refractivity contribution in [3.8, 4) is 17.1 Å². The fourth-order valence-corrected chi connectivity index (χ4v) is 4.28. The van der Waals surface area contributed by atoms with Gasteiger partial charge in [-0.05, 0) is 49.2 Å². The van der Waals surface area contributed by atoms with E-state index in [-0.39, 0.29) is 18.1 Å². The standard InChI is InChI=1S/C24H25N5O3/c1-3-22-21-14-31-11-10-29(21)20-13-19(27-28-24(20)32-22)18-12-17(5-4-15(18)2)26-23(30)16-6-8-25-9-7-16/h4-9,12-13,21-22H,3,10-11,14H2,1-2H3,(H,26,30)/t21-,22-/m0/s1. The summed E-state index contributed by atoms with van der Waals surface area (Å²) in [6, 6.07) is 11.4. The lowest BCUT2D eigenvalue weighted by molar-refractivity contribution is 0.0328. The van der Waals surface area contributed by atoms with Crippen LogP contribution in [0, 0.1) is 6.92 Å². The number of nitrogens with one attached hydrogen (secondary N) is 1. The number of aryl methyl sites for hydroxylation is 1. The molecule has 0 spiro atoms. The normalized spacial score (nSPS) is 19.5. The Hall–Kier alpha value is -3.52. The zero-order valence-corrected chi connectivity index (χ0v) is 18.1. The van der Waals surface area contributed by atoms with Crippen LogP contribution in [0.3, 0.4) is 0 Å². The minimum Gasteiger partial charge on any atom is -0.470 e. The van der Waals surface area contributed by atoms with E-state index in [1.54, 1.807) is 24.5 Å². The van der Waals surface area contributed by atoms with E-state index in [0.29, 0.717) is 30.3 Å². The molecule has 164 valence electrons. The SMILES string of the molecule is CC[C@@H]1Oc2nnc(-c3cc(NC(=O)c4ccncc4)ccc3C)cc2N2CCOC[C@@H]12. The third kappa shape index (κ3) is 3.78. The molecule has 0 unspecified atom stereocenters. The lowest BCUT2D eigenvalue weighted by atomic mass is 10.0. The number of hydrogen-bond acceptors (Lipinski definition) is 7. The number of hydrogen-bond donors (Lipinski definition) is 1. The van der Waals surface area contributed by atoms with Crippen molar-refractivity contribution >= 4 is 17.3 Å². The fraction of sp³-hybridized carbons (Fsp3) is 0.333. The van der Waals surface area contributed by atoms with Gasteiger partial charge in [-0.3, -0.25) is 9.78 Å². The van der Waals surface area contributed by atoms with Crippen molar-refractivity contribution in [2.24, 2.45) is 0 Å². The van der Waals surface area contributed by atoms with E-state index in [2.05, 4.69) is 32.3 Å². The van der Waals surface area contributed by atoms with Crippen LogP contribution >= 0.6 is 0 Å². The molecule has 8 nitrogen and oxygen atoms in total. The van der Waals surface area contributed by atoms with E-state index in [9.17, 15) is 4.79 Å². The van der Waals surface area contributed by atoms with Crippen LogP contribution in [-0.4, -0.2) is 53.0 Å². The molecule has 1 N–H and O–H groups in total. The summed E-state index contributed by atoms with van der Waals surface area (Å²) in [4.78, 5) is 18.8. The average molecular weight is 431 g/mol. The Kier molecular flexibility index (Phi) is 5.45. The molecule has 1 fully saturated rings. The highest BCUT2D eigenvalue weighted by molar-refractivity contribution is 6.04. The van der Waals surface area contributed by atoms with Gasteiger partial charge in [-0.25, -0.2) is 0 Å². The molecule has 2 aliphatic rings. The Morgan fingerprint density at radius 1 is 1.19 bits per heavy atom. The molecule has 5 rings (SSSR count). The van der Waals surface area contributed by atoms with Crippen molar-refractivity contribution in [2.75, 3.05) is 30.0 Å². The minimum absolute atomic E-state index is 0.0383. The summed E-state index contributed by atoms with van der Waals surface area (Å²) in [7, 11) is 0. The number of pyridine rings is 1. The van der Waals surface area contributed by atoms with Gasteiger partial charge in [0.05, 0.1) is 24.9 Å². The van der Waals surface area contributed by atoms with Crippen molar-refractivity contribution in [3.63, 3.8) is 0 Å². The second-order valence-electron chi connectivity index (χ2n) is 8.04. The summed E-state index contributed by atoms with van der Waals surface area (Å²) < 4.78 is 11.8.